The van der Waals surface area contributed by atoms with Crippen LogP contribution in [0.4, 0.5) is 0 Å². The highest BCUT2D eigenvalue weighted by molar-refractivity contribution is 5.80. The minimum Gasteiger partial charge on any atom is -0.464 e. The van der Waals surface area contributed by atoms with Crippen LogP contribution in [-0.2, 0) is 6.54 Å². The molecule has 2 nitrogen and oxygen atoms in total. The lowest BCUT2D eigenvalue weighted by Crippen LogP contribution is -2.34. The molecule has 1 atom stereocenters. The molecule has 2 aromatic rings. The van der Waals surface area contributed by atoms with Crippen LogP contribution in [0.3, 0.4) is 0 Å². The Bertz CT molecular complexity index is 525. The third-order valence-electron chi connectivity index (χ3n) is 4.53. The van der Waals surface area contributed by atoms with Gasteiger partial charge in [-0.3, -0.25) is 0 Å². The molecule has 0 radical (unpaired) electrons. The molecule has 19 heavy (non-hydrogen) atoms. The predicted octanol–water partition coefficient (Wildman–Crippen LogP) is 4.49. The Labute approximate surface area is 115 Å². The van der Waals surface area contributed by atoms with Crippen LogP contribution < -0.4 is 5.32 Å². The van der Waals surface area contributed by atoms with E-state index in [-0.39, 0.29) is 0 Å². The number of nitrogens with one attached hydrogen (secondary N) is 1. The molecule has 1 saturated carbocycles. The zero-order chi connectivity index (χ0) is 13.1. The van der Waals surface area contributed by atoms with Gasteiger partial charge in [0.05, 0.1) is 6.26 Å². The van der Waals surface area contributed by atoms with E-state index in [9.17, 15) is 0 Å². The van der Waals surface area contributed by atoms with Gasteiger partial charge in [0.25, 0.3) is 0 Å². The third kappa shape index (κ3) is 2.84. The Morgan fingerprint density at radius 3 is 2.84 bits per heavy atom. The second kappa shape index (κ2) is 5.79. The Kier molecular flexibility index (Phi) is 3.88. The minimum atomic E-state index is 0.606. The Balaban J connectivity index is 1.62. The maximum Gasteiger partial charge on any atom is 0.134 e. The number of hydrogen-bond acceptors (Lipinski definition) is 2. The van der Waals surface area contributed by atoms with E-state index in [1.54, 1.807) is 0 Å². The van der Waals surface area contributed by atoms with E-state index in [1.165, 1.54) is 43.1 Å². The lowest BCUT2D eigenvalue weighted by molar-refractivity contribution is 0.280. The normalized spacial score (nSPS) is 18.8. The van der Waals surface area contributed by atoms with Gasteiger partial charge in [0.15, 0.2) is 0 Å². The first kappa shape index (κ1) is 12.7. The van der Waals surface area contributed by atoms with Crippen LogP contribution in [-0.4, -0.2) is 6.04 Å². The molecule has 0 spiro atoms. The van der Waals surface area contributed by atoms with Gasteiger partial charge in [0.1, 0.15) is 5.58 Å². The van der Waals surface area contributed by atoms with Crippen molar-refractivity contribution in [3.8, 4) is 0 Å². The van der Waals surface area contributed by atoms with Crippen molar-refractivity contribution in [1.82, 2.24) is 5.32 Å². The molecule has 1 aliphatic rings. The van der Waals surface area contributed by atoms with E-state index in [0.717, 1.165) is 18.0 Å². The molecule has 1 aliphatic carbocycles. The van der Waals surface area contributed by atoms with Gasteiger partial charge in [0.2, 0.25) is 0 Å². The molecule has 1 heterocycles. The highest BCUT2D eigenvalue weighted by Crippen LogP contribution is 2.27. The van der Waals surface area contributed by atoms with Gasteiger partial charge >= 0.3 is 0 Å². The highest BCUT2D eigenvalue weighted by atomic mass is 16.3. The SMILES string of the molecule is C[C@@H](NCc1coc2ccccc12)C1CCCCC1. The fourth-order valence-corrected chi connectivity index (χ4v) is 3.24. The van der Waals surface area contributed by atoms with E-state index in [1.807, 2.05) is 18.4 Å². The molecule has 0 amide bonds. The number of hydrogen-bond donors (Lipinski definition) is 1. The number of furan rings is 1. The van der Waals surface area contributed by atoms with Gasteiger partial charge in [0, 0.05) is 23.5 Å². The van der Waals surface area contributed by atoms with Gasteiger partial charge in [-0.2, -0.15) is 0 Å². The summed E-state index contributed by atoms with van der Waals surface area (Å²) in [5.74, 6) is 0.854. The van der Waals surface area contributed by atoms with Crippen molar-refractivity contribution in [3.05, 3.63) is 36.1 Å². The first-order chi connectivity index (χ1) is 9.34. The van der Waals surface area contributed by atoms with Crippen molar-refractivity contribution in [2.45, 2.75) is 51.6 Å². The number of fused-ring (bicyclic) bond motifs is 1. The lowest BCUT2D eigenvalue weighted by atomic mass is 9.84. The first-order valence-electron chi connectivity index (χ1n) is 7.53. The molecule has 1 aromatic carbocycles. The van der Waals surface area contributed by atoms with Crippen molar-refractivity contribution in [3.63, 3.8) is 0 Å². The van der Waals surface area contributed by atoms with Crippen LogP contribution in [0.1, 0.15) is 44.6 Å². The number of rotatable bonds is 4. The van der Waals surface area contributed by atoms with Crippen LogP contribution >= 0.6 is 0 Å². The summed E-state index contributed by atoms with van der Waals surface area (Å²) in [6.07, 6.45) is 8.91. The fourth-order valence-electron chi connectivity index (χ4n) is 3.24. The number of para-hydroxylation sites is 1. The molecule has 3 rings (SSSR count). The van der Waals surface area contributed by atoms with Crippen molar-refractivity contribution in [2.24, 2.45) is 5.92 Å². The Morgan fingerprint density at radius 2 is 2.00 bits per heavy atom. The standard InChI is InChI=1S/C17H23NO/c1-13(14-7-3-2-4-8-14)18-11-15-12-19-17-10-6-5-9-16(15)17/h5-6,9-10,12-14,18H,2-4,7-8,11H2,1H3/t13-/m1/s1. The van der Waals surface area contributed by atoms with Gasteiger partial charge in [-0.1, -0.05) is 37.5 Å². The van der Waals surface area contributed by atoms with E-state index in [2.05, 4.69) is 24.4 Å². The molecule has 2 heteroatoms. The van der Waals surface area contributed by atoms with E-state index >= 15 is 0 Å². The molecule has 1 N–H and O–H groups in total. The lowest BCUT2D eigenvalue weighted by Gasteiger charge is -2.28. The maximum absolute atomic E-state index is 5.59. The van der Waals surface area contributed by atoms with Crippen LogP contribution in [0, 0.1) is 5.92 Å². The maximum atomic E-state index is 5.59. The van der Waals surface area contributed by atoms with Crippen LogP contribution in [0.15, 0.2) is 34.9 Å². The highest BCUT2D eigenvalue weighted by Gasteiger charge is 2.19. The monoisotopic (exact) mass is 257 g/mol. The summed E-state index contributed by atoms with van der Waals surface area (Å²) in [5, 5.41) is 4.93. The summed E-state index contributed by atoms with van der Waals surface area (Å²) >= 11 is 0. The summed E-state index contributed by atoms with van der Waals surface area (Å²) in [6, 6.07) is 8.87. The molecule has 0 bridgehead atoms. The summed E-state index contributed by atoms with van der Waals surface area (Å²) in [5.41, 5.74) is 2.27. The van der Waals surface area contributed by atoms with E-state index in [4.69, 9.17) is 4.42 Å². The predicted molar refractivity (Wildman–Crippen MR) is 79.1 cm³/mol. The Morgan fingerprint density at radius 1 is 1.21 bits per heavy atom. The molecule has 0 unspecified atom stereocenters. The molecular formula is C17H23NO. The Hall–Kier alpha value is -1.28. The second-order valence-corrected chi connectivity index (χ2v) is 5.82. The summed E-state index contributed by atoms with van der Waals surface area (Å²) < 4.78 is 5.59. The molecular weight excluding hydrogens is 234 g/mol. The van der Waals surface area contributed by atoms with Gasteiger partial charge in [-0.25, -0.2) is 0 Å². The quantitative estimate of drug-likeness (QED) is 0.873. The average Bonchev–Trinajstić information content (AvgIpc) is 2.89. The first-order valence-corrected chi connectivity index (χ1v) is 7.53. The van der Waals surface area contributed by atoms with Gasteiger partial charge in [-0.15, -0.1) is 0 Å². The van der Waals surface area contributed by atoms with Crippen molar-refractivity contribution in [1.29, 1.82) is 0 Å². The average molecular weight is 257 g/mol. The van der Waals surface area contributed by atoms with Crippen LogP contribution in [0.2, 0.25) is 0 Å². The third-order valence-corrected chi connectivity index (χ3v) is 4.53. The van der Waals surface area contributed by atoms with Crippen molar-refractivity contribution < 1.29 is 4.42 Å². The molecule has 102 valence electrons. The van der Waals surface area contributed by atoms with Gasteiger partial charge < -0.3 is 9.73 Å². The van der Waals surface area contributed by atoms with Crippen molar-refractivity contribution >= 4 is 11.0 Å². The molecule has 1 aromatic heterocycles. The topological polar surface area (TPSA) is 25.2 Å². The largest absolute Gasteiger partial charge is 0.464 e. The minimum absolute atomic E-state index is 0.606. The zero-order valence-corrected chi connectivity index (χ0v) is 11.7. The van der Waals surface area contributed by atoms with E-state index in [0.29, 0.717) is 6.04 Å². The van der Waals surface area contributed by atoms with Crippen LogP contribution in [0.25, 0.3) is 11.0 Å². The fraction of sp³-hybridized carbons (Fsp3) is 0.529. The number of benzene rings is 1. The summed E-state index contributed by atoms with van der Waals surface area (Å²) in [4.78, 5) is 0. The van der Waals surface area contributed by atoms with Crippen LogP contribution in [0.5, 0.6) is 0 Å². The van der Waals surface area contributed by atoms with E-state index < -0.39 is 0 Å². The second-order valence-electron chi connectivity index (χ2n) is 5.82. The van der Waals surface area contributed by atoms with Gasteiger partial charge in [-0.05, 0) is 31.7 Å². The smallest absolute Gasteiger partial charge is 0.134 e. The summed E-state index contributed by atoms with van der Waals surface area (Å²) in [7, 11) is 0. The molecule has 0 saturated heterocycles. The zero-order valence-electron chi connectivity index (χ0n) is 11.7. The summed E-state index contributed by atoms with van der Waals surface area (Å²) in [6.45, 7) is 3.24. The molecule has 1 fully saturated rings. The van der Waals surface area contributed by atoms with Crippen molar-refractivity contribution in [2.75, 3.05) is 0 Å². The molecule has 0 aliphatic heterocycles.